The topological polar surface area (TPSA) is 43.4 Å². The van der Waals surface area contributed by atoms with E-state index >= 15 is 0 Å². The van der Waals surface area contributed by atoms with Gasteiger partial charge in [0.2, 0.25) is 0 Å². The smallest absolute Gasteiger partial charge is 0.266 e. The van der Waals surface area contributed by atoms with Crippen LogP contribution in [0.25, 0.3) is 0 Å². The zero-order chi connectivity index (χ0) is 14.7. The fourth-order valence-corrected chi connectivity index (χ4v) is 3.02. The summed E-state index contributed by atoms with van der Waals surface area (Å²) >= 11 is 0. The molecule has 1 aromatic carbocycles. The van der Waals surface area contributed by atoms with E-state index in [1.165, 1.54) is 38.5 Å². The maximum atomic E-state index is 11.8. The number of rotatable bonds is 11. The van der Waals surface area contributed by atoms with Crippen molar-refractivity contribution in [2.45, 2.75) is 63.2 Å². The third-order valence-corrected chi connectivity index (χ3v) is 4.59. The second-order valence-corrected chi connectivity index (χ2v) is 6.68. The molecule has 0 bridgehead atoms. The first kappa shape index (κ1) is 21.4. The van der Waals surface area contributed by atoms with Crippen molar-refractivity contribution in [2.24, 2.45) is 0 Å². The predicted octanol–water partition coefficient (Wildman–Crippen LogP) is 4.15. The van der Waals surface area contributed by atoms with Crippen molar-refractivity contribution in [3.63, 3.8) is 0 Å². The molecule has 0 aliphatic heterocycles. The second kappa shape index (κ2) is 12.9. The van der Waals surface area contributed by atoms with Crippen molar-refractivity contribution in [3.05, 3.63) is 30.3 Å². The van der Waals surface area contributed by atoms with E-state index in [4.69, 9.17) is 4.18 Å². The first-order valence-electron chi connectivity index (χ1n) is 7.61. The van der Waals surface area contributed by atoms with Gasteiger partial charge in [-0.05, 0) is 18.6 Å². The van der Waals surface area contributed by atoms with Crippen molar-refractivity contribution in [3.8, 4) is 0 Å². The summed E-state index contributed by atoms with van der Waals surface area (Å²) in [4.78, 5) is 0.236. The molecule has 2 radical (unpaired) electrons. The summed E-state index contributed by atoms with van der Waals surface area (Å²) in [6.07, 6.45) is 9.44. The first-order valence-corrected chi connectivity index (χ1v) is 9.02. The van der Waals surface area contributed by atoms with E-state index in [1.807, 2.05) is 0 Å². The number of hydrogen-bond donors (Lipinski definition) is 0. The van der Waals surface area contributed by atoms with Gasteiger partial charge in [-0.15, -0.1) is 0 Å². The third kappa shape index (κ3) is 9.90. The van der Waals surface area contributed by atoms with Gasteiger partial charge >= 0.3 is 0 Å². The summed E-state index contributed by atoms with van der Waals surface area (Å²) in [6, 6.07) is 8.31. The summed E-state index contributed by atoms with van der Waals surface area (Å²) in [6.45, 7) is 2.50. The van der Waals surface area contributed by atoms with Crippen LogP contribution in [-0.4, -0.2) is 52.8 Å². The number of unbranched alkanes of at least 4 members (excludes halogenated alkanes) is 7. The number of benzene rings is 1. The second-order valence-electron chi connectivity index (χ2n) is 5.06. The van der Waals surface area contributed by atoms with E-state index in [2.05, 4.69) is 6.92 Å². The molecule has 0 spiro atoms. The van der Waals surface area contributed by atoms with Gasteiger partial charge in [0.25, 0.3) is 10.1 Å². The van der Waals surface area contributed by atoms with Crippen LogP contribution in [0.5, 0.6) is 0 Å². The Morgan fingerprint density at radius 1 is 0.857 bits per heavy atom. The molecule has 5 heteroatoms. The van der Waals surface area contributed by atoms with Crippen molar-refractivity contribution < 1.29 is 12.6 Å². The van der Waals surface area contributed by atoms with Gasteiger partial charge in [0.15, 0.2) is 0 Å². The summed E-state index contributed by atoms with van der Waals surface area (Å²) in [5.41, 5.74) is 0. The van der Waals surface area contributed by atoms with Crippen LogP contribution in [0.1, 0.15) is 58.3 Å². The Hall–Kier alpha value is 0.390. The minimum atomic E-state index is -3.57. The molecule has 1 aromatic rings. The van der Waals surface area contributed by atoms with E-state index in [-0.39, 0.29) is 49.2 Å². The van der Waals surface area contributed by atoms with Crippen molar-refractivity contribution in [1.82, 2.24) is 0 Å². The molecule has 3 nitrogen and oxygen atoms in total. The van der Waals surface area contributed by atoms with Crippen LogP contribution in [-0.2, 0) is 14.3 Å². The zero-order valence-electron chi connectivity index (χ0n) is 13.1. The third-order valence-electron chi connectivity index (χ3n) is 3.27. The average Bonchev–Trinajstić information content (AvgIpc) is 2.46. The van der Waals surface area contributed by atoms with Gasteiger partial charge in [-0.25, -0.2) is 0 Å². The van der Waals surface area contributed by atoms with Gasteiger partial charge in [-0.1, -0.05) is 70.1 Å². The molecule has 0 fully saturated rings. The molecule has 0 unspecified atom stereocenters. The van der Waals surface area contributed by atoms with E-state index in [9.17, 15) is 8.42 Å². The molecule has 0 aromatic heterocycles. The molecule has 0 heterocycles. The molecule has 0 aliphatic rings. The standard InChI is InChI=1S/C16H26O3S.Ca/c1-2-3-4-5-6-7-8-12-15-19-20(17,18)16-13-10-9-11-14-16;/h9-11,13-14H,2-8,12,15H2,1H3;. The molecular weight excluding hydrogens is 312 g/mol. The van der Waals surface area contributed by atoms with Crippen molar-refractivity contribution in [2.75, 3.05) is 6.61 Å². The number of hydrogen-bond acceptors (Lipinski definition) is 3. The Morgan fingerprint density at radius 3 is 1.95 bits per heavy atom. The van der Waals surface area contributed by atoms with Gasteiger partial charge in [-0.2, -0.15) is 8.42 Å². The Morgan fingerprint density at radius 2 is 1.38 bits per heavy atom. The van der Waals surface area contributed by atoms with E-state index in [0.717, 1.165) is 12.8 Å². The van der Waals surface area contributed by atoms with Gasteiger partial charge in [0.05, 0.1) is 11.5 Å². The molecule has 0 amide bonds. The predicted molar refractivity (Wildman–Crippen MR) is 87.9 cm³/mol. The molecule has 116 valence electrons. The van der Waals surface area contributed by atoms with E-state index in [1.54, 1.807) is 30.3 Å². The van der Waals surface area contributed by atoms with Crippen molar-refractivity contribution in [1.29, 1.82) is 0 Å². The van der Waals surface area contributed by atoms with Crippen LogP contribution in [0, 0.1) is 0 Å². The van der Waals surface area contributed by atoms with Crippen LogP contribution in [0.3, 0.4) is 0 Å². The minimum Gasteiger partial charge on any atom is -0.266 e. The van der Waals surface area contributed by atoms with E-state index in [0.29, 0.717) is 0 Å². The normalized spacial score (nSPS) is 11.1. The SMILES string of the molecule is CCCCCCCCCCOS(=O)(=O)c1ccccc1.[Ca]. The molecule has 21 heavy (non-hydrogen) atoms. The van der Waals surface area contributed by atoms with Gasteiger partial charge in [0.1, 0.15) is 0 Å². The monoisotopic (exact) mass is 338 g/mol. The Balaban J connectivity index is 0.00000400. The first-order chi connectivity index (χ1) is 9.67. The molecule has 0 aliphatic carbocycles. The largest absolute Gasteiger partial charge is 0.296 e. The van der Waals surface area contributed by atoms with Crippen LogP contribution in [0.2, 0.25) is 0 Å². The summed E-state index contributed by atoms with van der Waals surface area (Å²) in [7, 11) is -3.57. The Labute approximate surface area is 159 Å². The van der Waals surface area contributed by atoms with Crippen LogP contribution in [0.15, 0.2) is 35.2 Å². The van der Waals surface area contributed by atoms with E-state index < -0.39 is 10.1 Å². The van der Waals surface area contributed by atoms with Gasteiger partial charge in [-0.3, -0.25) is 4.18 Å². The maximum Gasteiger partial charge on any atom is 0.296 e. The van der Waals surface area contributed by atoms with Gasteiger partial charge < -0.3 is 0 Å². The van der Waals surface area contributed by atoms with Crippen LogP contribution >= 0.6 is 0 Å². The van der Waals surface area contributed by atoms with Crippen molar-refractivity contribution >= 4 is 47.9 Å². The maximum absolute atomic E-state index is 11.8. The van der Waals surface area contributed by atoms with Crippen LogP contribution < -0.4 is 0 Å². The summed E-state index contributed by atoms with van der Waals surface area (Å²) in [5.74, 6) is 0. The quantitative estimate of drug-likeness (QED) is 0.346. The molecule has 1 rings (SSSR count). The zero-order valence-corrected chi connectivity index (χ0v) is 16.1. The molecule has 0 atom stereocenters. The minimum absolute atomic E-state index is 0. The van der Waals surface area contributed by atoms with Gasteiger partial charge in [0, 0.05) is 37.7 Å². The van der Waals surface area contributed by atoms with Crippen LogP contribution in [0.4, 0.5) is 0 Å². The molecular formula is C16H26CaO3S. The summed E-state index contributed by atoms with van der Waals surface area (Å²) in [5, 5.41) is 0. The Kier molecular flexibility index (Phi) is 13.1. The fraction of sp³-hybridized carbons (Fsp3) is 0.625. The fourth-order valence-electron chi connectivity index (χ4n) is 2.06. The Bertz CT molecular complexity index is 446. The molecule has 0 saturated carbocycles. The molecule has 0 N–H and O–H groups in total. The summed E-state index contributed by atoms with van der Waals surface area (Å²) < 4.78 is 28.7. The molecule has 0 saturated heterocycles. The average molecular weight is 339 g/mol.